The number of carbonyl (C=O) groups is 2. The first kappa shape index (κ1) is 32.4. The SMILES string of the molecule is C=CC(=O)O.O=C(CCCN1CCCC1)c1cc(-c2ccc(CN3CCOCC3)cc2)nc2ccc(F)cc12.O=C=O. The van der Waals surface area contributed by atoms with Crippen LogP contribution in [0.5, 0.6) is 0 Å². The van der Waals surface area contributed by atoms with Gasteiger partial charge in [-0.1, -0.05) is 30.8 Å². The van der Waals surface area contributed by atoms with Crippen LogP contribution in [0.1, 0.15) is 41.6 Å². The molecule has 9 nitrogen and oxygen atoms in total. The number of aliphatic carboxylic acids is 1. The fourth-order valence-electron chi connectivity index (χ4n) is 4.98. The van der Waals surface area contributed by atoms with Crippen molar-refractivity contribution in [1.29, 1.82) is 0 Å². The van der Waals surface area contributed by atoms with Crippen molar-refractivity contribution in [1.82, 2.24) is 14.8 Å². The molecule has 0 amide bonds. The third-order valence-corrected chi connectivity index (χ3v) is 7.08. The predicted molar refractivity (Wildman–Crippen MR) is 155 cm³/mol. The summed E-state index contributed by atoms with van der Waals surface area (Å²) in [5.41, 5.74) is 4.17. The Kier molecular flexibility index (Phi) is 13.1. The van der Waals surface area contributed by atoms with Gasteiger partial charge in [0.25, 0.3) is 0 Å². The number of pyridine rings is 1. The molecule has 1 aromatic heterocycles. The summed E-state index contributed by atoms with van der Waals surface area (Å²) in [7, 11) is 0. The Morgan fingerprint density at radius 1 is 1.00 bits per heavy atom. The highest BCUT2D eigenvalue weighted by Crippen LogP contribution is 2.27. The monoisotopic (exact) mass is 577 g/mol. The number of carboxylic acid groups (broad SMARTS) is 1. The molecule has 2 aliphatic heterocycles. The summed E-state index contributed by atoms with van der Waals surface area (Å²) in [4.78, 5) is 48.3. The number of rotatable bonds is 9. The van der Waals surface area contributed by atoms with Crippen molar-refractivity contribution >= 4 is 28.8 Å². The highest BCUT2D eigenvalue weighted by molar-refractivity contribution is 6.08. The van der Waals surface area contributed by atoms with E-state index >= 15 is 0 Å². The van der Waals surface area contributed by atoms with E-state index in [1.165, 1.54) is 30.5 Å². The zero-order valence-corrected chi connectivity index (χ0v) is 23.6. The van der Waals surface area contributed by atoms with Crippen molar-refractivity contribution in [2.75, 3.05) is 45.9 Å². The molecule has 3 aromatic rings. The van der Waals surface area contributed by atoms with Gasteiger partial charge in [-0.3, -0.25) is 9.69 Å². The fourth-order valence-corrected chi connectivity index (χ4v) is 4.98. The van der Waals surface area contributed by atoms with Gasteiger partial charge in [-0.25, -0.2) is 14.2 Å². The maximum Gasteiger partial charge on any atom is 0.373 e. The van der Waals surface area contributed by atoms with Gasteiger partial charge in [-0.15, -0.1) is 0 Å². The van der Waals surface area contributed by atoms with Crippen LogP contribution < -0.4 is 0 Å². The van der Waals surface area contributed by atoms with E-state index < -0.39 is 5.97 Å². The van der Waals surface area contributed by atoms with Gasteiger partial charge in [-0.2, -0.15) is 9.59 Å². The predicted octanol–water partition coefficient (Wildman–Crippen LogP) is 4.61. The Morgan fingerprint density at radius 3 is 2.26 bits per heavy atom. The smallest absolute Gasteiger partial charge is 0.373 e. The summed E-state index contributed by atoms with van der Waals surface area (Å²) < 4.78 is 19.5. The van der Waals surface area contributed by atoms with E-state index in [0.717, 1.165) is 76.2 Å². The Morgan fingerprint density at radius 2 is 1.64 bits per heavy atom. The number of likely N-dealkylation sites (tertiary alicyclic amines) is 1. The largest absolute Gasteiger partial charge is 0.478 e. The molecule has 0 bridgehead atoms. The van der Waals surface area contributed by atoms with Crippen LogP contribution in [0.4, 0.5) is 4.39 Å². The number of aromatic nitrogens is 1. The van der Waals surface area contributed by atoms with Crippen LogP contribution in [0, 0.1) is 5.82 Å². The summed E-state index contributed by atoms with van der Waals surface area (Å²) in [6, 6.07) is 14.7. The number of fused-ring (bicyclic) bond motifs is 1. The number of ketones is 1. The van der Waals surface area contributed by atoms with Gasteiger partial charge in [0, 0.05) is 48.6 Å². The van der Waals surface area contributed by atoms with E-state index in [-0.39, 0.29) is 17.8 Å². The quantitative estimate of drug-likeness (QED) is 0.288. The van der Waals surface area contributed by atoms with E-state index in [1.807, 2.05) is 6.07 Å². The van der Waals surface area contributed by atoms with Crippen molar-refractivity contribution in [3.05, 3.63) is 78.1 Å². The van der Waals surface area contributed by atoms with Crippen molar-refractivity contribution in [2.45, 2.75) is 32.2 Å². The topological polar surface area (TPSA) is 117 Å². The molecule has 0 aliphatic carbocycles. The lowest BCUT2D eigenvalue weighted by Crippen LogP contribution is -2.35. The third-order valence-electron chi connectivity index (χ3n) is 7.08. The number of morpholine rings is 1. The lowest BCUT2D eigenvalue weighted by atomic mass is 9.98. The molecule has 5 rings (SSSR count). The van der Waals surface area contributed by atoms with Crippen molar-refractivity contribution in [3.63, 3.8) is 0 Å². The molecule has 2 aliphatic rings. The highest BCUT2D eigenvalue weighted by Gasteiger charge is 2.17. The Hall–Kier alpha value is -4.08. The minimum Gasteiger partial charge on any atom is -0.478 e. The number of Topliss-reactive ketones (excluding diaryl/α,β-unsaturated/α-hetero) is 1. The van der Waals surface area contributed by atoms with Gasteiger partial charge >= 0.3 is 12.1 Å². The second kappa shape index (κ2) is 17.0. The lowest BCUT2D eigenvalue weighted by Gasteiger charge is -2.26. The maximum absolute atomic E-state index is 14.0. The molecular formula is C32H36FN3O6. The van der Waals surface area contributed by atoms with Crippen LogP contribution >= 0.6 is 0 Å². The van der Waals surface area contributed by atoms with Crippen molar-refractivity contribution in [3.8, 4) is 11.3 Å². The Labute approximate surface area is 244 Å². The first-order valence-electron chi connectivity index (χ1n) is 13.9. The maximum atomic E-state index is 14.0. The molecule has 0 unspecified atom stereocenters. The molecule has 222 valence electrons. The van der Waals surface area contributed by atoms with Gasteiger partial charge < -0.3 is 14.7 Å². The molecule has 42 heavy (non-hydrogen) atoms. The molecule has 2 fully saturated rings. The zero-order chi connectivity index (χ0) is 30.3. The Balaban J connectivity index is 0.000000540. The number of benzene rings is 2. The van der Waals surface area contributed by atoms with Crippen LogP contribution in [0.2, 0.25) is 0 Å². The number of carbonyl (C=O) groups excluding carboxylic acids is 3. The van der Waals surface area contributed by atoms with Crippen LogP contribution in [0.25, 0.3) is 22.2 Å². The van der Waals surface area contributed by atoms with Crippen molar-refractivity contribution in [2.24, 2.45) is 0 Å². The first-order valence-corrected chi connectivity index (χ1v) is 13.9. The summed E-state index contributed by atoms with van der Waals surface area (Å²) in [6.45, 7) is 10.5. The van der Waals surface area contributed by atoms with Gasteiger partial charge in [0.15, 0.2) is 5.78 Å². The second-order valence-corrected chi connectivity index (χ2v) is 10.0. The molecular weight excluding hydrogens is 541 g/mol. The first-order chi connectivity index (χ1) is 20.3. The van der Waals surface area contributed by atoms with Crippen LogP contribution in [-0.2, 0) is 25.7 Å². The zero-order valence-electron chi connectivity index (χ0n) is 23.6. The molecule has 10 heteroatoms. The van der Waals surface area contributed by atoms with Gasteiger partial charge in [0.1, 0.15) is 5.82 Å². The fraction of sp³-hybridized carbons (Fsp3) is 0.375. The van der Waals surface area contributed by atoms with E-state index in [0.29, 0.717) is 22.9 Å². The summed E-state index contributed by atoms with van der Waals surface area (Å²) >= 11 is 0. The highest BCUT2D eigenvalue weighted by atomic mass is 19.1. The molecule has 0 saturated carbocycles. The molecule has 2 aromatic carbocycles. The number of ether oxygens (including phenoxy) is 1. The van der Waals surface area contributed by atoms with E-state index in [9.17, 15) is 14.0 Å². The minimum atomic E-state index is -0.981. The molecule has 1 N–H and O–H groups in total. The second-order valence-electron chi connectivity index (χ2n) is 10.0. The molecule has 0 atom stereocenters. The summed E-state index contributed by atoms with van der Waals surface area (Å²) in [5.74, 6) is -1.27. The number of hydrogen-bond acceptors (Lipinski definition) is 8. The van der Waals surface area contributed by atoms with Gasteiger partial charge in [0.05, 0.1) is 24.4 Å². The molecule has 0 spiro atoms. The van der Waals surface area contributed by atoms with Gasteiger partial charge in [0.2, 0.25) is 0 Å². The van der Waals surface area contributed by atoms with Crippen molar-refractivity contribution < 1.29 is 33.4 Å². The average Bonchev–Trinajstić information content (AvgIpc) is 3.52. The Bertz CT molecular complexity index is 1380. The molecule has 3 heterocycles. The normalized spacial score (nSPS) is 15.1. The summed E-state index contributed by atoms with van der Waals surface area (Å²) in [5, 5.41) is 8.20. The van der Waals surface area contributed by atoms with E-state index in [4.69, 9.17) is 24.4 Å². The minimum absolute atomic E-state index is 0.0578. The average molecular weight is 578 g/mol. The van der Waals surface area contributed by atoms with Crippen LogP contribution in [0.15, 0.2) is 61.2 Å². The number of halogens is 1. The molecule has 0 radical (unpaired) electrons. The van der Waals surface area contributed by atoms with Crippen LogP contribution in [-0.4, -0.2) is 83.7 Å². The number of hydrogen-bond donors (Lipinski definition) is 1. The van der Waals surface area contributed by atoms with E-state index in [1.54, 1.807) is 6.07 Å². The van der Waals surface area contributed by atoms with E-state index in [2.05, 4.69) is 40.6 Å². The number of nitrogens with zero attached hydrogens (tertiary/aromatic N) is 3. The molecule has 2 saturated heterocycles. The number of carboxylic acids is 1. The summed E-state index contributed by atoms with van der Waals surface area (Å²) in [6.07, 6.45) is 4.86. The lowest BCUT2D eigenvalue weighted by molar-refractivity contribution is -0.191. The standard InChI is InChI=1S/C28H32FN3O2.C3H4O2.CO2/c29-23-9-10-26-24(18-23)25(28(33)4-3-13-31-11-1-2-12-31)19-27(30-26)22-7-5-21(6-8-22)20-32-14-16-34-17-15-32;1-2-3(4)5;2-1-3/h5-10,18-19H,1-4,11-17,20H2;2H,1H2,(H,4,5);. The van der Waals surface area contributed by atoms with Crippen LogP contribution in [0.3, 0.4) is 0 Å². The third kappa shape index (κ3) is 10.1. The van der Waals surface area contributed by atoms with Gasteiger partial charge in [-0.05, 0) is 68.7 Å².